The molecule has 28 heavy (non-hydrogen) atoms. The fraction of sp³-hybridized carbons (Fsp3) is 0.364. The lowest BCUT2D eigenvalue weighted by Crippen LogP contribution is -2.46. The summed E-state index contributed by atoms with van der Waals surface area (Å²) < 4.78 is 33.3. The second-order valence-electron chi connectivity index (χ2n) is 7.74. The zero-order chi connectivity index (χ0) is 19.8. The Balaban J connectivity index is 1.70. The van der Waals surface area contributed by atoms with Crippen molar-refractivity contribution in [2.75, 3.05) is 17.8 Å². The summed E-state index contributed by atoms with van der Waals surface area (Å²) in [6, 6.07) is 15.7. The van der Waals surface area contributed by atoms with Crippen molar-refractivity contribution in [1.82, 2.24) is 5.32 Å². The van der Waals surface area contributed by atoms with Crippen LogP contribution in [0.3, 0.4) is 0 Å². The van der Waals surface area contributed by atoms with Crippen LogP contribution < -0.4 is 14.8 Å². The van der Waals surface area contributed by atoms with Crippen molar-refractivity contribution >= 4 is 21.3 Å². The smallest absolute Gasteiger partial charge is 0.235 e. The van der Waals surface area contributed by atoms with Gasteiger partial charge >= 0.3 is 0 Å². The minimum atomic E-state index is -3.35. The van der Waals surface area contributed by atoms with Crippen LogP contribution in [-0.2, 0) is 10.0 Å². The van der Waals surface area contributed by atoms with Crippen molar-refractivity contribution in [3.05, 3.63) is 65.7 Å². The molecule has 5 nitrogen and oxygen atoms in total. The number of ether oxygens (including phenoxy) is 1. The fourth-order valence-electron chi connectivity index (χ4n) is 3.70. The molecule has 2 N–H and O–H groups in total. The van der Waals surface area contributed by atoms with E-state index >= 15 is 0 Å². The second kappa shape index (κ2) is 7.26. The third-order valence-corrected chi connectivity index (χ3v) is 7.19. The largest absolute Gasteiger partial charge is 0.482 e. The van der Waals surface area contributed by atoms with Crippen LogP contribution >= 0.6 is 0 Å². The van der Waals surface area contributed by atoms with E-state index in [0.29, 0.717) is 5.69 Å². The summed E-state index contributed by atoms with van der Waals surface area (Å²) in [5.74, 6) is 0.909. The van der Waals surface area contributed by atoms with E-state index in [4.69, 9.17) is 4.74 Å². The number of piperidine rings is 1. The molecule has 0 radical (unpaired) electrons. The van der Waals surface area contributed by atoms with Crippen molar-refractivity contribution < 1.29 is 13.2 Å². The average Bonchev–Trinajstić information content (AvgIpc) is 2.68. The fourth-order valence-corrected chi connectivity index (χ4v) is 4.40. The molecule has 0 amide bonds. The van der Waals surface area contributed by atoms with E-state index in [2.05, 4.69) is 22.2 Å². The highest BCUT2D eigenvalue weighted by Gasteiger charge is 2.36. The summed E-state index contributed by atoms with van der Waals surface area (Å²) >= 11 is 0. The number of hydrogen-bond donors (Lipinski definition) is 2. The maximum absolute atomic E-state index is 12.1. The second-order valence-corrected chi connectivity index (χ2v) is 9.98. The summed E-state index contributed by atoms with van der Waals surface area (Å²) in [7, 11) is -3.35. The number of rotatable bonds is 4. The molecule has 4 rings (SSSR count). The van der Waals surface area contributed by atoms with Crippen LogP contribution in [0.2, 0.25) is 0 Å². The Hall–Kier alpha value is -2.31. The molecule has 0 aromatic heterocycles. The van der Waals surface area contributed by atoms with Crippen molar-refractivity contribution in [2.24, 2.45) is 0 Å². The van der Waals surface area contributed by atoms with Gasteiger partial charge in [-0.15, -0.1) is 0 Å². The number of hydrogen-bond acceptors (Lipinski definition) is 4. The third kappa shape index (κ3) is 3.66. The number of sulfonamides is 1. The maximum atomic E-state index is 12.1. The molecular formula is C22H26N2O3S. The van der Waals surface area contributed by atoms with Gasteiger partial charge in [-0.2, -0.15) is 0 Å². The van der Waals surface area contributed by atoms with E-state index in [1.54, 1.807) is 13.8 Å². The molecule has 0 saturated carbocycles. The molecule has 0 unspecified atom stereocenters. The number of anilines is 1. The van der Waals surface area contributed by atoms with Crippen LogP contribution in [0.5, 0.6) is 5.75 Å². The lowest BCUT2D eigenvalue weighted by atomic mass is 9.83. The minimum Gasteiger partial charge on any atom is -0.482 e. The van der Waals surface area contributed by atoms with Gasteiger partial charge in [-0.1, -0.05) is 30.3 Å². The molecule has 1 fully saturated rings. The van der Waals surface area contributed by atoms with Crippen LogP contribution in [-0.4, -0.2) is 32.4 Å². The van der Waals surface area contributed by atoms with Crippen molar-refractivity contribution in [3.8, 4) is 5.75 Å². The van der Waals surface area contributed by atoms with Crippen molar-refractivity contribution in [2.45, 2.75) is 37.5 Å². The van der Waals surface area contributed by atoms with E-state index < -0.39 is 15.3 Å². The molecule has 2 aromatic carbocycles. The highest BCUT2D eigenvalue weighted by atomic mass is 32.2. The molecule has 2 aliphatic rings. The average molecular weight is 399 g/mol. The summed E-state index contributed by atoms with van der Waals surface area (Å²) in [4.78, 5) is 0. The van der Waals surface area contributed by atoms with Crippen molar-refractivity contribution in [3.63, 3.8) is 0 Å². The van der Waals surface area contributed by atoms with Gasteiger partial charge in [0.25, 0.3) is 0 Å². The standard InChI is InChI=1S/C22H26N2O3S/c1-16(2)28(25,26)24-18-9-7-17(8-10-18)20-15-22(11-13-23-14-12-22)27-21-6-4-3-5-19(20)21/h3-10,15-16,23-24H,11-14H2,1-2H3. The van der Waals surface area contributed by atoms with Gasteiger partial charge in [0.05, 0.1) is 5.25 Å². The molecule has 2 aromatic rings. The molecule has 1 saturated heterocycles. The first kappa shape index (κ1) is 19.0. The molecule has 1 spiro atoms. The number of benzene rings is 2. The summed E-state index contributed by atoms with van der Waals surface area (Å²) in [5, 5.41) is 2.92. The van der Waals surface area contributed by atoms with Gasteiger partial charge in [-0.05, 0) is 62.3 Å². The Morgan fingerprint density at radius 2 is 1.71 bits per heavy atom. The topological polar surface area (TPSA) is 67.4 Å². The molecule has 0 bridgehead atoms. The van der Waals surface area contributed by atoms with Crippen LogP contribution in [0.1, 0.15) is 37.8 Å². The summed E-state index contributed by atoms with van der Waals surface area (Å²) in [6.45, 7) is 5.20. The molecule has 148 valence electrons. The minimum absolute atomic E-state index is 0.285. The van der Waals surface area contributed by atoms with Crippen LogP contribution in [0.15, 0.2) is 54.6 Å². The molecule has 2 aliphatic heterocycles. The van der Waals surface area contributed by atoms with E-state index in [0.717, 1.165) is 48.4 Å². The van der Waals surface area contributed by atoms with Crippen LogP contribution in [0.25, 0.3) is 5.57 Å². The first-order valence-corrected chi connectivity index (χ1v) is 11.3. The first-order chi connectivity index (χ1) is 13.4. The van der Waals surface area contributed by atoms with Gasteiger partial charge in [-0.3, -0.25) is 4.72 Å². The number of nitrogens with one attached hydrogen (secondary N) is 2. The van der Waals surface area contributed by atoms with Gasteiger partial charge < -0.3 is 10.1 Å². The van der Waals surface area contributed by atoms with Crippen LogP contribution in [0.4, 0.5) is 5.69 Å². The Labute approximate surface area is 166 Å². The lowest BCUT2D eigenvalue weighted by molar-refractivity contribution is 0.0817. The maximum Gasteiger partial charge on any atom is 0.235 e. The molecule has 2 heterocycles. The molecule has 0 atom stereocenters. The predicted octanol–water partition coefficient (Wildman–Crippen LogP) is 3.78. The Kier molecular flexibility index (Phi) is 4.93. The highest BCUT2D eigenvalue weighted by molar-refractivity contribution is 7.93. The SMILES string of the molecule is CC(C)S(=O)(=O)Nc1ccc(C2=CC3(CCNCC3)Oc3ccccc32)cc1. The zero-order valence-electron chi connectivity index (χ0n) is 16.2. The van der Waals surface area contributed by atoms with Crippen molar-refractivity contribution in [1.29, 1.82) is 0 Å². The number of para-hydroxylation sites is 1. The number of fused-ring (bicyclic) bond motifs is 1. The molecule has 0 aliphatic carbocycles. The first-order valence-electron chi connectivity index (χ1n) is 9.73. The van der Waals surface area contributed by atoms with E-state index in [1.807, 2.05) is 42.5 Å². The van der Waals surface area contributed by atoms with Gasteiger partial charge in [0, 0.05) is 24.1 Å². The third-order valence-electron chi connectivity index (χ3n) is 5.42. The summed E-state index contributed by atoms with van der Waals surface area (Å²) in [5.41, 5.74) is 3.56. The summed E-state index contributed by atoms with van der Waals surface area (Å²) in [6.07, 6.45) is 4.11. The van der Waals surface area contributed by atoms with Gasteiger partial charge in [0.1, 0.15) is 11.4 Å². The quantitative estimate of drug-likeness (QED) is 0.822. The Bertz CT molecular complexity index is 989. The molecular weight excluding hydrogens is 372 g/mol. The Morgan fingerprint density at radius 3 is 2.39 bits per heavy atom. The van der Waals surface area contributed by atoms with Gasteiger partial charge in [-0.25, -0.2) is 8.42 Å². The van der Waals surface area contributed by atoms with Crippen LogP contribution in [0, 0.1) is 0 Å². The lowest BCUT2D eigenvalue weighted by Gasteiger charge is -2.40. The molecule has 6 heteroatoms. The van der Waals surface area contributed by atoms with E-state index in [9.17, 15) is 8.42 Å². The predicted molar refractivity (Wildman–Crippen MR) is 113 cm³/mol. The monoisotopic (exact) mass is 398 g/mol. The normalized spacial score (nSPS) is 18.3. The Morgan fingerprint density at radius 1 is 1.04 bits per heavy atom. The van der Waals surface area contributed by atoms with E-state index in [1.165, 1.54) is 0 Å². The van der Waals surface area contributed by atoms with E-state index in [-0.39, 0.29) is 5.60 Å². The van der Waals surface area contributed by atoms with Gasteiger partial charge in [0.2, 0.25) is 10.0 Å². The highest BCUT2D eigenvalue weighted by Crippen LogP contribution is 2.42. The van der Waals surface area contributed by atoms with Gasteiger partial charge in [0.15, 0.2) is 0 Å². The zero-order valence-corrected chi connectivity index (χ0v) is 17.1.